The molecule has 0 aromatic heterocycles. The first-order valence-corrected chi connectivity index (χ1v) is 5.71. The third kappa shape index (κ3) is 3.72. The number of hydrogen-bond donors (Lipinski definition) is 2. The Balaban J connectivity index is 2.44. The highest BCUT2D eigenvalue weighted by Crippen LogP contribution is 2.23. The van der Waals surface area contributed by atoms with Crippen LogP contribution in [0.1, 0.15) is 26.7 Å². The van der Waals surface area contributed by atoms with Crippen molar-refractivity contribution in [2.24, 2.45) is 5.73 Å². The lowest BCUT2D eigenvalue weighted by atomic mass is 9.87. The van der Waals surface area contributed by atoms with Gasteiger partial charge in [-0.15, -0.1) is 0 Å². The normalized spacial score (nSPS) is 34.0. The van der Waals surface area contributed by atoms with Crippen molar-refractivity contribution >= 4 is 0 Å². The van der Waals surface area contributed by atoms with Crippen LogP contribution in [0.25, 0.3) is 0 Å². The van der Waals surface area contributed by atoms with E-state index < -0.39 is 0 Å². The van der Waals surface area contributed by atoms with Gasteiger partial charge in [0.2, 0.25) is 0 Å². The van der Waals surface area contributed by atoms with Crippen LogP contribution in [0.2, 0.25) is 0 Å². The Morgan fingerprint density at radius 1 is 1.67 bits per heavy atom. The van der Waals surface area contributed by atoms with Crippen LogP contribution in [0.4, 0.5) is 0 Å². The van der Waals surface area contributed by atoms with E-state index in [-0.39, 0.29) is 11.6 Å². The molecule has 3 atom stereocenters. The zero-order chi connectivity index (χ0) is 11.3. The van der Waals surface area contributed by atoms with Crippen LogP contribution >= 0.6 is 0 Å². The predicted molar refractivity (Wildman–Crippen MR) is 60.9 cm³/mol. The third-order valence-corrected chi connectivity index (χ3v) is 3.22. The van der Waals surface area contributed by atoms with E-state index in [9.17, 15) is 0 Å². The SMILES string of the molecule is COC(C)CNC1(CN)CCOC(C)C1. The van der Waals surface area contributed by atoms with Crippen LogP contribution < -0.4 is 11.1 Å². The number of rotatable bonds is 5. The summed E-state index contributed by atoms with van der Waals surface area (Å²) in [4.78, 5) is 0. The topological polar surface area (TPSA) is 56.5 Å². The van der Waals surface area contributed by atoms with E-state index >= 15 is 0 Å². The van der Waals surface area contributed by atoms with E-state index in [1.165, 1.54) is 0 Å². The van der Waals surface area contributed by atoms with Crippen LogP contribution in [0.5, 0.6) is 0 Å². The number of hydrogen-bond acceptors (Lipinski definition) is 4. The fourth-order valence-corrected chi connectivity index (χ4v) is 2.03. The molecular weight excluding hydrogens is 192 g/mol. The Hall–Kier alpha value is -0.160. The van der Waals surface area contributed by atoms with Crippen molar-refractivity contribution in [3.05, 3.63) is 0 Å². The Morgan fingerprint density at radius 2 is 2.40 bits per heavy atom. The molecule has 0 radical (unpaired) electrons. The maximum atomic E-state index is 5.87. The Bertz CT molecular complexity index is 189. The van der Waals surface area contributed by atoms with E-state index in [2.05, 4.69) is 19.2 Å². The zero-order valence-electron chi connectivity index (χ0n) is 10.1. The Morgan fingerprint density at radius 3 is 2.93 bits per heavy atom. The molecule has 4 heteroatoms. The number of ether oxygens (including phenoxy) is 2. The number of nitrogens with one attached hydrogen (secondary N) is 1. The standard InChI is InChI=1S/C11H24N2O2/c1-9-6-11(8-12,4-5-15-9)13-7-10(2)14-3/h9-10,13H,4-8,12H2,1-3H3. The van der Waals surface area contributed by atoms with Crippen molar-refractivity contribution in [2.45, 2.75) is 44.4 Å². The molecule has 4 nitrogen and oxygen atoms in total. The molecule has 3 unspecified atom stereocenters. The monoisotopic (exact) mass is 216 g/mol. The van der Waals surface area contributed by atoms with Crippen LogP contribution in [0.15, 0.2) is 0 Å². The second kappa shape index (κ2) is 5.80. The summed E-state index contributed by atoms with van der Waals surface area (Å²) in [5.74, 6) is 0. The minimum absolute atomic E-state index is 0.0461. The highest BCUT2D eigenvalue weighted by molar-refractivity contribution is 4.93. The fourth-order valence-electron chi connectivity index (χ4n) is 2.03. The summed E-state index contributed by atoms with van der Waals surface area (Å²) in [6.45, 7) is 6.47. The van der Waals surface area contributed by atoms with Crippen molar-refractivity contribution in [3.63, 3.8) is 0 Å². The van der Waals surface area contributed by atoms with Gasteiger partial charge in [0.05, 0.1) is 12.2 Å². The quantitative estimate of drug-likeness (QED) is 0.703. The fraction of sp³-hybridized carbons (Fsp3) is 1.00. The van der Waals surface area contributed by atoms with Gasteiger partial charge in [-0.2, -0.15) is 0 Å². The second-order valence-corrected chi connectivity index (χ2v) is 4.55. The van der Waals surface area contributed by atoms with E-state index in [0.717, 1.165) is 26.0 Å². The van der Waals surface area contributed by atoms with Gasteiger partial charge in [-0.1, -0.05) is 0 Å². The van der Waals surface area contributed by atoms with Gasteiger partial charge in [-0.05, 0) is 26.7 Å². The number of nitrogens with two attached hydrogens (primary N) is 1. The molecule has 0 bridgehead atoms. The van der Waals surface area contributed by atoms with Gasteiger partial charge in [0.1, 0.15) is 0 Å². The second-order valence-electron chi connectivity index (χ2n) is 4.55. The van der Waals surface area contributed by atoms with Gasteiger partial charge >= 0.3 is 0 Å². The summed E-state index contributed by atoms with van der Waals surface area (Å²) in [6, 6.07) is 0. The molecule has 0 aromatic carbocycles. The minimum Gasteiger partial charge on any atom is -0.380 e. The average molecular weight is 216 g/mol. The molecule has 15 heavy (non-hydrogen) atoms. The summed E-state index contributed by atoms with van der Waals surface area (Å²) < 4.78 is 10.8. The summed E-state index contributed by atoms with van der Waals surface area (Å²) in [5.41, 5.74) is 5.92. The molecule has 0 amide bonds. The van der Waals surface area contributed by atoms with Crippen molar-refractivity contribution in [3.8, 4) is 0 Å². The Labute approximate surface area is 92.5 Å². The van der Waals surface area contributed by atoms with Gasteiger partial charge in [-0.3, -0.25) is 0 Å². The smallest absolute Gasteiger partial charge is 0.0667 e. The highest BCUT2D eigenvalue weighted by atomic mass is 16.5. The summed E-state index contributed by atoms with van der Waals surface area (Å²) in [7, 11) is 1.73. The Kier molecular flexibility index (Phi) is 4.99. The zero-order valence-corrected chi connectivity index (χ0v) is 10.1. The molecule has 0 aromatic rings. The van der Waals surface area contributed by atoms with Crippen molar-refractivity contribution < 1.29 is 9.47 Å². The molecule has 1 fully saturated rings. The van der Waals surface area contributed by atoms with Crippen molar-refractivity contribution in [1.82, 2.24) is 5.32 Å². The largest absolute Gasteiger partial charge is 0.380 e. The summed E-state index contributed by atoms with van der Waals surface area (Å²) in [6.07, 6.45) is 2.50. The van der Waals surface area contributed by atoms with Gasteiger partial charge in [0.25, 0.3) is 0 Å². The van der Waals surface area contributed by atoms with Gasteiger partial charge in [0, 0.05) is 32.3 Å². The van der Waals surface area contributed by atoms with Gasteiger partial charge in [0.15, 0.2) is 0 Å². The molecule has 3 N–H and O–H groups in total. The molecule has 0 aliphatic carbocycles. The maximum Gasteiger partial charge on any atom is 0.0667 e. The first kappa shape index (κ1) is 12.9. The van der Waals surface area contributed by atoms with Gasteiger partial charge < -0.3 is 20.5 Å². The molecule has 1 aliphatic heterocycles. The number of methoxy groups -OCH3 is 1. The summed E-state index contributed by atoms with van der Waals surface area (Å²) >= 11 is 0. The average Bonchev–Trinajstić information content (AvgIpc) is 2.26. The maximum absolute atomic E-state index is 5.87. The molecule has 1 heterocycles. The first-order valence-electron chi connectivity index (χ1n) is 5.71. The molecule has 1 rings (SSSR count). The van der Waals surface area contributed by atoms with Crippen LogP contribution in [0.3, 0.4) is 0 Å². The van der Waals surface area contributed by atoms with Gasteiger partial charge in [-0.25, -0.2) is 0 Å². The van der Waals surface area contributed by atoms with E-state index in [1.54, 1.807) is 7.11 Å². The predicted octanol–water partition coefficient (Wildman–Crippen LogP) is 0.507. The van der Waals surface area contributed by atoms with E-state index in [1.807, 2.05) is 0 Å². The lowest BCUT2D eigenvalue weighted by molar-refractivity contribution is -0.0201. The first-order chi connectivity index (χ1) is 7.12. The third-order valence-electron chi connectivity index (χ3n) is 3.22. The minimum atomic E-state index is 0.0461. The lowest BCUT2D eigenvalue weighted by Crippen LogP contribution is -2.57. The van der Waals surface area contributed by atoms with E-state index in [4.69, 9.17) is 15.2 Å². The molecular formula is C11H24N2O2. The van der Waals surface area contributed by atoms with Crippen molar-refractivity contribution in [1.29, 1.82) is 0 Å². The molecule has 90 valence electrons. The summed E-state index contributed by atoms with van der Waals surface area (Å²) in [5, 5.41) is 3.54. The van der Waals surface area contributed by atoms with Crippen LogP contribution in [-0.2, 0) is 9.47 Å². The van der Waals surface area contributed by atoms with Crippen LogP contribution in [0, 0.1) is 0 Å². The van der Waals surface area contributed by atoms with Crippen LogP contribution in [-0.4, -0.2) is 44.6 Å². The molecule has 0 saturated carbocycles. The highest BCUT2D eigenvalue weighted by Gasteiger charge is 2.33. The molecule has 1 saturated heterocycles. The van der Waals surface area contributed by atoms with Crippen molar-refractivity contribution in [2.75, 3.05) is 26.8 Å². The molecule has 0 spiro atoms. The van der Waals surface area contributed by atoms with E-state index in [0.29, 0.717) is 12.6 Å². The lowest BCUT2D eigenvalue weighted by Gasteiger charge is -2.40. The molecule has 1 aliphatic rings.